The Labute approximate surface area is 161 Å². The van der Waals surface area contributed by atoms with Crippen LogP contribution in [0.25, 0.3) is 0 Å². The number of unbranched alkanes of at least 4 members (excludes halogenated alkanes) is 8. The van der Waals surface area contributed by atoms with Crippen molar-refractivity contribution in [3.8, 4) is 35.5 Å². The summed E-state index contributed by atoms with van der Waals surface area (Å²) >= 11 is 3.16. The van der Waals surface area contributed by atoms with E-state index in [9.17, 15) is 4.79 Å². The molecule has 0 aliphatic carbocycles. The summed E-state index contributed by atoms with van der Waals surface area (Å²) in [4.78, 5) is 12.1. The number of allylic oxidation sites excluding steroid dienone is 3. The van der Waals surface area contributed by atoms with Crippen molar-refractivity contribution in [2.45, 2.75) is 70.6 Å². The second kappa shape index (κ2) is 20.2. The number of rotatable bonds is 11. The zero-order valence-corrected chi connectivity index (χ0v) is 16.4. The van der Waals surface area contributed by atoms with Gasteiger partial charge < -0.3 is 5.11 Å². The summed E-state index contributed by atoms with van der Waals surface area (Å²) in [5, 5.41) is 8.52. The van der Waals surface area contributed by atoms with Gasteiger partial charge in [-0.15, -0.1) is 0 Å². The van der Waals surface area contributed by atoms with E-state index < -0.39 is 5.97 Å². The molecular weight excluding hydrogens is 376 g/mol. The Bertz CT molecular complexity index is 583. The molecule has 2 nitrogen and oxygen atoms in total. The predicted molar refractivity (Wildman–Crippen MR) is 109 cm³/mol. The third kappa shape index (κ3) is 22.1. The zero-order valence-electron chi connectivity index (χ0n) is 14.8. The first kappa shape index (κ1) is 23.1. The smallest absolute Gasteiger partial charge is 0.303 e. The van der Waals surface area contributed by atoms with Crippen molar-refractivity contribution in [2.24, 2.45) is 0 Å². The largest absolute Gasteiger partial charge is 0.481 e. The van der Waals surface area contributed by atoms with E-state index in [-0.39, 0.29) is 6.42 Å². The van der Waals surface area contributed by atoms with Gasteiger partial charge in [-0.05, 0) is 61.1 Å². The Kier molecular flexibility index (Phi) is 18.6. The van der Waals surface area contributed by atoms with Gasteiger partial charge in [0.2, 0.25) is 0 Å². The van der Waals surface area contributed by atoms with Crippen LogP contribution in [0.15, 0.2) is 23.2 Å². The second-order valence-corrected chi connectivity index (χ2v) is 6.02. The molecular formula is C22H27BrO2. The minimum Gasteiger partial charge on any atom is -0.481 e. The maximum atomic E-state index is 10.3. The van der Waals surface area contributed by atoms with Crippen molar-refractivity contribution in [3.63, 3.8) is 0 Å². The Morgan fingerprint density at radius 3 is 2.12 bits per heavy atom. The van der Waals surface area contributed by atoms with Gasteiger partial charge in [0.05, 0.1) is 0 Å². The summed E-state index contributed by atoms with van der Waals surface area (Å²) in [5.41, 5.74) is 0. The number of hydrogen-bond acceptors (Lipinski definition) is 1. The van der Waals surface area contributed by atoms with Crippen LogP contribution < -0.4 is 0 Å². The lowest BCUT2D eigenvalue weighted by atomic mass is 10.1. The summed E-state index contributed by atoms with van der Waals surface area (Å²) in [6, 6.07) is 0. The van der Waals surface area contributed by atoms with Crippen molar-refractivity contribution in [1.82, 2.24) is 0 Å². The third-order valence-corrected chi connectivity index (χ3v) is 3.55. The minimum absolute atomic E-state index is 0.286. The van der Waals surface area contributed by atoms with E-state index >= 15 is 0 Å². The monoisotopic (exact) mass is 402 g/mol. The maximum absolute atomic E-state index is 10.3. The summed E-state index contributed by atoms with van der Waals surface area (Å²) in [7, 11) is 0. The van der Waals surface area contributed by atoms with Gasteiger partial charge in [-0.3, -0.25) is 4.79 Å². The van der Waals surface area contributed by atoms with E-state index in [2.05, 4.69) is 57.5 Å². The normalized spacial score (nSPS) is 9.80. The predicted octanol–water partition coefficient (Wildman–Crippen LogP) is 5.84. The van der Waals surface area contributed by atoms with Gasteiger partial charge in [0.15, 0.2) is 0 Å². The van der Waals surface area contributed by atoms with Crippen molar-refractivity contribution in [1.29, 1.82) is 0 Å². The van der Waals surface area contributed by atoms with Gasteiger partial charge in [-0.25, -0.2) is 0 Å². The fourth-order valence-corrected chi connectivity index (χ4v) is 2.11. The molecule has 3 heteroatoms. The summed E-state index contributed by atoms with van der Waals surface area (Å²) in [5.74, 6) is 17.1. The maximum Gasteiger partial charge on any atom is 0.303 e. The van der Waals surface area contributed by atoms with E-state index in [1.165, 1.54) is 0 Å². The molecule has 0 aliphatic rings. The molecule has 0 heterocycles. The van der Waals surface area contributed by atoms with E-state index in [1.807, 2.05) is 6.08 Å². The topological polar surface area (TPSA) is 37.3 Å². The van der Waals surface area contributed by atoms with Crippen LogP contribution in [0.1, 0.15) is 70.6 Å². The van der Waals surface area contributed by atoms with Crippen LogP contribution in [-0.2, 0) is 4.79 Å². The SMILES string of the molecule is O=C(O)CCCCCCCC#CC#CCCCC/C=C/C#C/C=C/Br. The van der Waals surface area contributed by atoms with Crippen LogP contribution in [0.4, 0.5) is 0 Å². The van der Waals surface area contributed by atoms with Gasteiger partial charge in [-0.1, -0.05) is 65.0 Å². The van der Waals surface area contributed by atoms with Gasteiger partial charge in [0, 0.05) is 19.3 Å². The molecule has 0 saturated carbocycles. The summed E-state index contributed by atoms with van der Waals surface area (Å²) in [6.07, 6.45) is 16.1. The van der Waals surface area contributed by atoms with Crippen LogP contribution in [0.3, 0.4) is 0 Å². The summed E-state index contributed by atoms with van der Waals surface area (Å²) in [6.45, 7) is 0. The molecule has 0 aromatic rings. The molecule has 0 spiro atoms. The highest BCUT2D eigenvalue weighted by Gasteiger charge is 1.95. The molecule has 0 amide bonds. The van der Waals surface area contributed by atoms with Crippen LogP contribution in [0, 0.1) is 35.5 Å². The van der Waals surface area contributed by atoms with Crippen LogP contribution in [-0.4, -0.2) is 11.1 Å². The highest BCUT2D eigenvalue weighted by atomic mass is 79.9. The molecule has 0 unspecified atom stereocenters. The number of carboxylic acid groups (broad SMARTS) is 1. The Morgan fingerprint density at radius 2 is 1.44 bits per heavy atom. The number of hydrogen-bond donors (Lipinski definition) is 1. The Hall–Kier alpha value is -1.89. The second-order valence-electron chi connectivity index (χ2n) is 5.49. The van der Waals surface area contributed by atoms with Crippen LogP contribution in [0.5, 0.6) is 0 Å². The lowest BCUT2D eigenvalue weighted by Gasteiger charge is -1.97. The highest BCUT2D eigenvalue weighted by Crippen LogP contribution is 2.06. The molecule has 134 valence electrons. The van der Waals surface area contributed by atoms with Crippen molar-refractivity contribution in [2.75, 3.05) is 0 Å². The quantitative estimate of drug-likeness (QED) is 0.348. The first-order chi connectivity index (χ1) is 12.3. The fraction of sp³-hybridized carbons (Fsp3) is 0.500. The lowest BCUT2D eigenvalue weighted by molar-refractivity contribution is -0.137. The fourth-order valence-electron chi connectivity index (χ4n) is 1.98. The molecule has 0 rings (SSSR count). The van der Waals surface area contributed by atoms with Gasteiger partial charge in [0.25, 0.3) is 0 Å². The number of carboxylic acids is 1. The average molecular weight is 403 g/mol. The minimum atomic E-state index is -0.700. The summed E-state index contributed by atoms with van der Waals surface area (Å²) < 4.78 is 0. The zero-order chi connectivity index (χ0) is 18.4. The van der Waals surface area contributed by atoms with E-state index in [1.54, 1.807) is 11.1 Å². The highest BCUT2D eigenvalue weighted by molar-refractivity contribution is 9.11. The molecule has 0 bridgehead atoms. The third-order valence-electron chi connectivity index (χ3n) is 3.29. The standard InChI is InChI=1S/C22H27BrO2/c23-21-19-17-15-13-11-9-7-5-3-1-2-4-6-8-10-12-14-16-18-20-22(24)25/h11,13,19,21H,3,5,7-10,12,14,16,18,20H2,(H,24,25)/b13-11+,21-19+. The molecule has 0 fully saturated rings. The molecule has 0 aliphatic heterocycles. The van der Waals surface area contributed by atoms with Gasteiger partial charge >= 0.3 is 5.97 Å². The molecule has 0 radical (unpaired) electrons. The van der Waals surface area contributed by atoms with Gasteiger partial charge in [-0.2, -0.15) is 0 Å². The molecule has 1 N–H and O–H groups in total. The van der Waals surface area contributed by atoms with Gasteiger partial charge in [0.1, 0.15) is 0 Å². The van der Waals surface area contributed by atoms with E-state index in [4.69, 9.17) is 5.11 Å². The number of carbonyl (C=O) groups is 1. The molecule has 25 heavy (non-hydrogen) atoms. The van der Waals surface area contributed by atoms with E-state index in [0.29, 0.717) is 0 Å². The molecule has 0 aromatic heterocycles. The number of aliphatic carboxylic acids is 1. The first-order valence-corrected chi connectivity index (χ1v) is 9.77. The Balaban J connectivity index is 3.44. The number of halogens is 1. The first-order valence-electron chi connectivity index (χ1n) is 8.86. The molecule has 0 aromatic carbocycles. The van der Waals surface area contributed by atoms with Crippen LogP contribution in [0.2, 0.25) is 0 Å². The molecule has 0 saturated heterocycles. The van der Waals surface area contributed by atoms with Crippen molar-refractivity contribution in [3.05, 3.63) is 23.2 Å². The van der Waals surface area contributed by atoms with Crippen molar-refractivity contribution >= 4 is 21.9 Å². The van der Waals surface area contributed by atoms with Crippen molar-refractivity contribution < 1.29 is 9.90 Å². The molecule has 0 atom stereocenters. The lowest BCUT2D eigenvalue weighted by Crippen LogP contribution is -1.93. The van der Waals surface area contributed by atoms with Crippen LogP contribution >= 0.6 is 15.9 Å². The average Bonchev–Trinajstić information content (AvgIpc) is 2.60. The Morgan fingerprint density at radius 1 is 0.840 bits per heavy atom. The van der Waals surface area contributed by atoms with E-state index in [0.717, 1.165) is 64.2 Å².